The fourth-order valence-electron chi connectivity index (χ4n) is 2.83. The number of hydrogen-bond donors (Lipinski definition) is 4. The number of nitrogens with two attached hydrogens (primary N) is 1. The summed E-state index contributed by atoms with van der Waals surface area (Å²) in [4.78, 5) is 21.2. The lowest BCUT2D eigenvalue weighted by atomic mass is 10.0. The second-order valence-corrected chi connectivity index (χ2v) is 6.50. The molecule has 4 rings (SSSR count). The summed E-state index contributed by atoms with van der Waals surface area (Å²) in [7, 11) is 0. The first kappa shape index (κ1) is 17.0. The number of rotatable bonds is 4. The number of nitrogens with one attached hydrogen (secondary N) is 2. The van der Waals surface area contributed by atoms with E-state index >= 15 is 0 Å². The van der Waals surface area contributed by atoms with Crippen LogP contribution in [0.5, 0.6) is 0 Å². The van der Waals surface area contributed by atoms with E-state index in [2.05, 4.69) is 38.1 Å². The van der Waals surface area contributed by atoms with Crippen LogP contribution in [0.25, 0.3) is 10.9 Å². The molecule has 3 heterocycles. The number of hydrogen-bond acceptors (Lipinski definition) is 6. The Morgan fingerprint density at radius 1 is 1.15 bits per heavy atom. The maximum atomic E-state index is 12.9. The summed E-state index contributed by atoms with van der Waals surface area (Å²) < 4.78 is 0. The summed E-state index contributed by atoms with van der Waals surface area (Å²) in [5.74, 6) is 0.124. The van der Waals surface area contributed by atoms with Gasteiger partial charge in [-0.05, 0) is 48.0 Å². The Kier molecular flexibility index (Phi) is 4.47. The molecule has 1 aromatic carbocycles. The first-order valence-corrected chi connectivity index (χ1v) is 8.72. The van der Waals surface area contributed by atoms with E-state index in [1.54, 1.807) is 42.9 Å². The SMILES string of the molecule is Nc1cc(C(S)c2ncccc2C(=O)Nc2ccc3cn[nH]c3c2)ccn1. The maximum absolute atomic E-state index is 12.9. The molecular weight excluding hydrogens is 360 g/mol. The molecule has 27 heavy (non-hydrogen) atoms. The number of carbonyl (C=O) groups excluding carboxylic acids is 1. The lowest BCUT2D eigenvalue weighted by Crippen LogP contribution is -2.16. The summed E-state index contributed by atoms with van der Waals surface area (Å²) >= 11 is 4.65. The van der Waals surface area contributed by atoms with Crippen LogP contribution in [0.15, 0.2) is 61.1 Å². The van der Waals surface area contributed by atoms with Crippen LogP contribution in [0.4, 0.5) is 11.5 Å². The third-order valence-electron chi connectivity index (χ3n) is 4.16. The highest BCUT2D eigenvalue weighted by Gasteiger charge is 2.20. The van der Waals surface area contributed by atoms with Crippen molar-refractivity contribution in [1.82, 2.24) is 20.2 Å². The van der Waals surface area contributed by atoms with Crippen molar-refractivity contribution in [3.63, 3.8) is 0 Å². The molecule has 3 aromatic heterocycles. The third kappa shape index (κ3) is 3.47. The summed E-state index contributed by atoms with van der Waals surface area (Å²) in [6.45, 7) is 0. The van der Waals surface area contributed by atoms with Gasteiger partial charge in [-0.3, -0.25) is 14.9 Å². The van der Waals surface area contributed by atoms with E-state index in [0.29, 0.717) is 22.8 Å². The quantitative estimate of drug-likeness (QED) is 0.409. The molecule has 4 N–H and O–H groups in total. The zero-order valence-corrected chi connectivity index (χ0v) is 15.0. The van der Waals surface area contributed by atoms with Crippen LogP contribution in [0.3, 0.4) is 0 Å². The Morgan fingerprint density at radius 2 is 2.04 bits per heavy atom. The first-order chi connectivity index (χ1) is 13.1. The van der Waals surface area contributed by atoms with Gasteiger partial charge in [-0.1, -0.05) is 0 Å². The zero-order chi connectivity index (χ0) is 18.8. The number of pyridine rings is 2. The Hall–Kier alpha value is -3.39. The van der Waals surface area contributed by atoms with Crippen molar-refractivity contribution in [2.24, 2.45) is 0 Å². The fraction of sp³-hybridized carbons (Fsp3) is 0.0526. The lowest BCUT2D eigenvalue weighted by Gasteiger charge is -2.15. The molecule has 8 heteroatoms. The molecule has 0 aliphatic rings. The van der Waals surface area contributed by atoms with Gasteiger partial charge in [0.25, 0.3) is 5.91 Å². The van der Waals surface area contributed by atoms with Crippen LogP contribution in [0.1, 0.15) is 26.9 Å². The molecule has 0 saturated carbocycles. The van der Waals surface area contributed by atoms with Crippen molar-refractivity contribution in [3.8, 4) is 0 Å². The molecule has 7 nitrogen and oxygen atoms in total. The van der Waals surface area contributed by atoms with E-state index in [4.69, 9.17) is 5.73 Å². The number of aromatic amines is 1. The number of H-pyrrole nitrogens is 1. The van der Waals surface area contributed by atoms with Crippen LogP contribution in [0, 0.1) is 0 Å². The summed E-state index contributed by atoms with van der Waals surface area (Å²) in [6.07, 6.45) is 4.97. The smallest absolute Gasteiger partial charge is 0.257 e. The van der Waals surface area contributed by atoms with Crippen molar-refractivity contribution in [3.05, 3.63) is 77.9 Å². The number of thiol groups is 1. The number of anilines is 2. The van der Waals surface area contributed by atoms with Crippen LogP contribution in [-0.4, -0.2) is 26.1 Å². The van der Waals surface area contributed by atoms with E-state index in [9.17, 15) is 4.79 Å². The predicted molar refractivity (Wildman–Crippen MR) is 108 cm³/mol. The standard InChI is InChI=1S/C19H16N6OS/c20-16-8-11(5-7-21-16)18(27)17-14(2-1-6-22-17)19(26)24-13-4-3-12-10-23-25-15(12)9-13/h1-10,18,27H,(H2,20,21)(H,23,25)(H,24,26). The topological polar surface area (TPSA) is 110 Å². The summed E-state index contributed by atoms with van der Waals surface area (Å²) in [5.41, 5.74) is 9.07. The van der Waals surface area contributed by atoms with Gasteiger partial charge in [-0.15, -0.1) is 0 Å². The number of fused-ring (bicyclic) bond motifs is 1. The number of carbonyl (C=O) groups is 1. The van der Waals surface area contributed by atoms with E-state index in [1.807, 2.05) is 18.2 Å². The average Bonchev–Trinajstić information content (AvgIpc) is 3.15. The maximum Gasteiger partial charge on any atom is 0.257 e. The van der Waals surface area contributed by atoms with Crippen molar-refractivity contribution in [1.29, 1.82) is 0 Å². The molecule has 0 saturated heterocycles. The van der Waals surface area contributed by atoms with Gasteiger partial charge in [-0.25, -0.2) is 4.98 Å². The van der Waals surface area contributed by atoms with Crippen LogP contribution in [-0.2, 0) is 0 Å². The molecule has 0 bridgehead atoms. The summed E-state index contributed by atoms with van der Waals surface area (Å²) in [6, 6.07) is 12.5. The van der Waals surface area contributed by atoms with Gasteiger partial charge in [0.15, 0.2) is 0 Å². The van der Waals surface area contributed by atoms with Crippen molar-refractivity contribution in [2.75, 3.05) is 11.1 Å². The minimum absolute atomic E-state index is 0.266. The number of amides is 1. The molecule has 0 spiro atoms. The third-order valence-corrected chi connectivity index (χ3v) is 4.71. The Morgan fingerprint density at radius 3 is 2.89 bits per heavy atom. The molecule has 0 aliphatic heterocycles. The van der Waals surface area contributed by atoms with Gasteiger partial charge in [0.1, 0.15) is 5.82 Å². The van der Waals surface area contributed by atoms with Crippen molar-refractivity contribution < 1.29 is 4.79 Å². The number of aromatic nitrogens is 4. The van der Waals surface area contributed by atoms with Gasteiger partial charge in [-0.2, -0.15) is 17.7 Å². The predicted octanol–water partition coefficient (Wildman–Crippen LogP) is 3.21. The van der Waals surface area contributed by atoms with Crippen LogP contribution >= 0.6 is 12.6 Å². The molecule has 1 amide bonds. The second-order valence-electron chi connectivity index (χ2n) is 5.98. The highest BCUT2D eigenvalue weighted by atomic mass is 32.1. The van der Waals surface area contributed by atoms with Crippen molar-refractivity contribution >= 4 is 40.9 Å². The molecule has 134 valence electrons. The van der Waals surface area contributed by atoms with Gasteiger partial charge in [0.2, 0.25) is 0 Å². The number of nitrogen functional groups attached to an aromatic ring is 1. The second kappa shape index (κ2) is 7.08. The molecule has 1 unspecified atom stereocenters. The Labute approximate surface area is 160 Å². The fourth-order valence-corrected chi connectivity index (χ4v) is 3.20. The largest absolute Gasteiger partial charge is 0.384 e. The molecular formula is C19H16N6OS. The van der Waals surface area contributed by atoms with Crippen LogP contribution < -0.4 is 11.1 Å². The summed E-state index contributed by atoms with van der Waals surface area (Å²) in [5, 5.41) is 10.3. The van der Waals surface area contributed by atoms with Crippen LogP contribution in [0.2, 0.25) is 0 Å². The normalized spacial score (nSPS) is 12.0. The molecule has 4 aromatic rings. The minimum atomic E-state index is -0.410. The van der Waals surface area contributed by atoms with Gasteiger partial charge in [0.05, 0.1) is 28.2 Å². The van der Waals surface area contributed by atoms with Gasteiger partial charge < -0.3 is 11.1 Å². The molecule has 0 fully saturated rings. The Bertz CT molecular complexity index is 1130. The minimum Gasteiger partial charge on any atom is -0.384 e. The monoisotopic (exact) mass is 376 g/mol. The van der Waals surface area contributed by atoms with E-state index < -0.39 is 5.25 Å². The molecule has 0 radical (unpaired) electrons. The highest BCUT2D eigenvalue weighted by molar-refractivity contribution is 7.80. The molecule has 0 aliphatic carbocycles. The van der Waals surface area contributed by atoms with E-state index in [1.165, 1.54) is 0 Å². The highest BCUT2D eigenvalue weighted by Crippen LogP contribution is 2.30. The zero-order valence-electron chi connectivity index (χ0n) is 14.1. The average molecular weight is 376 g/mol. The van der Waals surface area contributed by atoms with E-state index in [0.717, 1.165) is 16.5 Å². The van der Waals surface area contributed by atoms with Gasteiger partial charge >= 0.3 is 0 Å². The first-order valence-electron chi connectivity index (χ1n) is 8.21. The van der Waals surface area contributed by atoms with E-state index in [-0.39, 0.29) is 5.91 Å². The number of nitrogens with zero attached hydrogens (tertiary/aromatic N) is 3. The Balaban J connectivity index is 1.64. The molecule has 1 atom stereocenters. The van der Waals surface area contributed by atoms with Crippen molar-refractivity contribution in [2.45, 2.75) is 5.25 Å². The van der Waals surface area contributed by atoms with Gasteiger partial charge in [0, 0.05) is 23.5 Å². The lowest BCUT2D eigenvalue weighted by molar-refractivity contribution is 0.102. The number of benzene rings is 1.